The van der Waals surface area contributed by atoms with Crippen LogP contribution in [0.15, 0.2) is 83.4 Å². The van der Waals surface area contributed by atoms with E-state index in [-0.39, 0.29) is 18.4 Å². The van der Waals surface area contributed by atoms with E-state index in [9.17, 15) is 9.59 Å². The topological polar surface area (TPSA) is 73.2 Å². The molecule has 7 heteroatoms. The molecular weight excluding hydrogens is 510 g/mol. The number of likely N-dealkylation sites (tertiary alicyclic amines) is 1. The number of carbonyl (C=O) groups excluding carboxylic acids is 1. The largest absolute Gasteiger partial charge is 0.481 e. The van der Waals surface area contributed by atoms with E-state index in [0.717, 1.165) is 61.4 Å². The summed E-state index contributed by atoms with van der Waals surface area (Å²) in [5, 5.41) is 9.74. The van der Waals surface area contributed by atoms with Crippen molar-refractivity contribution in [2.24, 2.45) is 10.9 Å². The number of aliphatic imine (C=N–C) groups is 1. The van der Waals surface area contributed by atoms with Gasteiger partial charge in [0, 0.05) is 37.1 Å². The third-order valence-corrected chi connectivity index (χ3v) is 8.16. The van der Waals surface area contributed by atoms with E-state index >= 15 is 0 Å². The maximum absolute atomic E-state index is 13.6. The average Bonchev–Trinajstić information content (AvgIpc) is 3.27. The predicted octanol–water partition coefficient (Wildman–Crippen LogP) is 6.83. The molecule has 1 unspecified atom stereocenters. The fourth-order valence-corrected chi connectivity index (χ4v) is 5.86. The molecule has 0 bridgehead atoms. The van der Waals surface area contributed by atoms with Crippen molar-refractivity contribution in [1.29, 1.82) is 0 Å². The van der Waals surface area contributed by atoms with Gasteiger partial charge in [0.25, 0.3) is 5.91 Å². The number of hydrogen-bond donors (Lipinski definition) is 1. The molecule has 2 heterocycles. The summed E-state index contributed by atoms with van der Waals surface area (Å²) in [6.45, 7) is 1.50. The van der Waals surface area contributed by atoms with E-state index in [2.05, 4.69) is 35.3 Å². The van der Waals surface area contributed by atoms with Crippen LogP contribution in [-0.4, -0.2) is 53.8 Å². The van der Waals surface area contributed by atoms with Gasteiger partial charge >= 0.3 is 5.97 Å². The number of amides is 1. The number of fused-ring (bicyclic) bond motifs is 1. The Hall–Kier alpha value is -3.64. The molecule has 5 rings (SSSR count). The summed E-state index contributed by atoms with van der Waals surface area (Å²) in [6.07, 6.45) is 14.8. The highest BCUT2D eigenvalue weighted by Gasteiger charge is 2.32. The SMILES string of the molecule is CN1c2cc(C(=O)N3CC[C@H](C4=CC=CC=CC4)C3)ccc2N=C(c2ccc(Cl)cc2)C1CCCCC(=O)O. The summed E-state index contributed by atoms with van der Waals surface area (Å²) in [4.78, 5) is 33.8. The normalized spacial score (nSPS) is 20.4. The molecule has 2 aliphatic heterocycles. The molecule has 0 aromatic heterocycles. The highest BCUT2D eigenvalue weighted by atomic mass is 35.5. The summed E-state index contributed by atoms with van der Waals surface area (Å²) in [6, 6.07) is 13.4. The van der Waals surface area contributed by atoms with Crippen LogP contribution in [0.2, 0.25) is 5.02 Å². The smallest absolute Gasteiger partial charge is 0.303 e. The second-order valence-electron chi connectivity index (χ2n) is 10.5. The average molecular weight is 544 g/mol. The van der Waals surface area contributed by atoms with E-state index in [1.54, 1.807) is 0 Å². The monoisotopic (exact) mass is 543 g/mol. The van der Waals surface area contributed by atoms with Gasteiger partial charge in [-0.1, -0.05) is 66.1 Å². The van der Waals surface area contributed by atoms with Crippen molar-refractivity contribution < 1.29 is 14.7 Å². The molecule has 0 spiro atoms. The lowest BCUT2D eigenvalue weighted by Crippen LogP contribution is -2.41. The summed E-state index contributed by atoms with van der Waals surface area (Å²) in [7, 11) is 2.03. The third kappa shape index (κ3) is 6.17. The van der Waals surface area contributed by atoms with Crippen LogP contribution in [-0.2, 0) is 4.79 Å². The number of aliphatic carboxylic acids is 1. The number of anilines is 1. The first-order chi connectivity index (χ1) is 18.9. The number of halogens is 1. The summed E-state index contributed by atoms with van der Waals surface area (Å²) in [5.74, 6) is -0.331. The molecule has 202 valence electrons. The van der Waals surface area contributed by atoms with Crippen molar-refractivity contribution in [3.8, 4) is 0 Å². The molecule has 2 aromatic carbocycles. The van der Waals surface area contributed by atoms with Gasteiger partial charge < -0.3 is 14.9 Å². The second kappa shape index (κ2) is 12.0. The van der Waals surface area contributed by atoms with Crippen molar-refractivity contribution in [2.45, 2.75) is 44.6 Å². The van der Waals surface area contributed by atoms with Crippen molar-refractivity contribution in [2.75, 3.05) is 25.0 Å². The molecule has 2 aromatic rings. The standard InChI is InChI=1S/C32H34ClN3O3/c1-35-28(10-6-7-11-30(37)38)31(23-12-15-26(33)16-13-23)34-27-17-14-24(20-29(27)35)32(39)36-19-18-25(21-36)22-8-4-2-3-5-9-22/h2-5,8,12-17,20,25,28H,6-7,9-11,18-19,21H2,1H3,(H,37,38)/t25-,28?/m0/s1. The molecule has 1 fully saturated rings. The number of carbonyl (C=O) groups is 2. The fraction of sp³-hybridized carbons (Fsp3) is 0.344. The van der Waals surface area contributed by atoms with Gasteiger partial charge in [-0.2, -0.15) is 0 Å². The Kier molecular flexibility index (Phi) is 8.32. The van der Waals surface area contributed by atoms with Crippen LogP contribution >= 0.6 is 11.6 Å². The minimum Gasteiger partial charge on any atom is -0.481 e. The molecule has 3 aliphatic rings. The first-order valence-electron chi connectivity index (χ1n) is 13.7. The van der Waals surface area contributed by atoms with Crippen molar-refractivity contribution in [3.05, 3.63) is 94.6 Å². The number of carboxylic acid groups (broad SMARTS) is 1. The molecule has 2 atom stereocenters. The minimum absolute atomic E-state index is 0.0442. The highest BCUT2D eigenvalue weighted by molar-refractivity contribution is 6.30. The van der Waals surface area contributed by atoms with Gasteiger partial charge in [-0.25, -0.2) is 4.99 Å². The van der Waals surface area contributed by atoms with E-state index in [1.807, 2.05) is 54.4 Å². The van der Waals surface area contributed by atoms with Crippen molar-refractivity contribution in [3.63, 3.8) is 0 Å². The van der Waals surface area contributed by atoms with Crippen LogP contribution in [0, 0.1) is 5.92 Å². The Balaban J connectivity index is 1.38. The van der Waals surface area contributed by atoms with Crippen LogP contribution in [0.3, 0.4) is 0 Å². The first-order valence-corrected chi connectivity index (χ1v) is 14.0. The quantitative estimate of drug-likeness (QED) is 0.370. The number of rotatable bonds is 8. The van der Waals surface area contributed by atoms with Gasteiger partial charge in [-0.15, -0.1) is 0 Å². The Bertz CT molecular complexity index is 1360. The van der Waals surface area contributed by atoms with Crippen molar-refractivity contribution >= 4 is 40.6 Å². The van der Waals surface area contributed by atoms with Gasteiger partial charge in [0.05, 0.1) is 23.1 Å². The van der Waals surface area contributed by atoms with Gasteiger partial charge in [0.15, 0.2) is 0 Å². The Morgan fingerprint density at radius 1 is 1.08 bits per heavy atom. The Morgan fingerprint density at radius 2 is 1.90 bits per heavy atom. The molecular formula is C32H34ClN3O3. The van der Waals surface area contributed by atoms with E-state index < -0.39 is 5.97 Å². The maximum atomic E-state index is 13.6. The molecule has 1 amide bonds. The number of hydrogen-bond acceptors (Lipinski definition) is 4. The lowest BCUT2D eigenvalue weighted by atomic mass is 9.93. The second-order valence-corrected chi connectivity index (χ2v) is 10.9. The third-order valence-electron chi connectivity index (χ3n) is 7.91. The highest BCUT2D eigenvalue weighted by Crippen LogP contribution is 2.38. The van der Waals surface area contributed by atoms with Crippen LogP contribution in [0.25, 0.3) is 0 Å². The zero-order chi connectivity index (χ0) is 27.4. The maximum Gasteiger partial charge on any atom is 0.303 e. The summed E-state index contributed by atoms with van der Waals surface area (Å²) >= 11 is 6.14. The molecule has 6 nitrogen and oxygen atoms in total. The summed E-state index contributed by atoms with van der Waals surface area (Å²) < 4.78 is 0. The predicted molar refractivity (Wildman–Crippen MR) is 157 cm³/mol. The van der Waals surface area contributed by atoms with E-state index in [4.69, 9.17) is 21.7 Å². The van der Waals surface area contributed by atoms with Crippen molar-refractivity contribution in [1.82, 2.24) is 4.90 Å². The lowest BCUT2D eigenvalue weighted by molar-refractivity contribution is -0.137. The van der Waals surface area contributed by atoms with Crippen LogP contribution in [0.4, 0.5) is 11.4 Å². The Labute approximate surface area is 235 Å². The number of benzene rings is 2. The van der Waals surface area contributed by atoms with Crippen LogP contribution in [0.5, 0.6) is 0 Å². The molecule has 1 saturated heterocycles. The van der Waals surface area contributed by atoms with Gasteiger partial charge in [-0.05, 0) is 67.5 Å². The molecule has 1 aliphatic carbocycles. The number of carboxylic acids is 1. The first kappa shape index (κ1) is 26.9. The van der Waals surface area contributed by atoms with Crippen LogP contribution in [0.1, 0.15) is 54.4 Å². The van der Waals surface area contributed by atoms with Gasteiger partial charge in [0.1, 0.15) is 0 Å². The number of allylic oxidation sites excluding steroid dienone is 5. The molecule has 1 N–H and O–H groups in total. The Morgan fingerprint density at radius 3 is 2.69 bits per heavy atom. The molecule has 0 radical (unpaired) electrons. The molecule has 0 saturated carbocycles. The fourth-order valence-electron chi connectivity index (χ4n) is 5.74. The van der Waals surface area contributed by atoms with E-state index in [1.165, 1.54) is 5.57 Å². The lowest BCUT2D eigenvalue weighted by Gasteiger charge is -2.36. The summed E-state index contributed by atoms with van der Waals surface area (Å²) in [5.41, 5.74) is 5.71. The van der Waals surface area contributed by atoms with Gasteiger partial charge in [0.2, 0.25) is 0 Å². The van der Waals surface area contributed by atoms with E-state index in [0.29, 0.717) is 22.9 Å². The number of likely N-dealkylation sites (N-methyl/N-ethyl adjacent to an activating group) is 1. The minimum atomic E-state index is -0.778. The molecule has 39 heavy (non-hydrogen) atoms. The zero-order valence-corrected chi connectivity index (χ0v) is 23.0. The van der Waals surface area contributed by atoms with Crippen LogP contribution < -0.4 is 4.90 Å². The number of nitrogens with zero attached hydrogens (tertiary/aromatic N) is 3. The zero-order valence-electron chi connectivity index (χ0n) is 22.2. The number of unbranched alkanes of at least 4 members (excludes halogenated alkanes) is 1. The van der Waals surface area contributed by atoms with Gasteiger partial charge in [-0.3, -0.25) is 9.59 Å².